The van der Waals surface area contributed by atoms with Crippen LogP contribution in [0.25, 0.3) is 0 Å². The summed E-state index contributed by atoms with van der Waals surface area (Å²) in [4.78, 5) is 12.7. The quantitative estimate of drug-likeness (QED) is 0.624. The van der Waals surface area contributed by atoms with Crippen LogP contribution in [0, 0.1) is 0 Å². The summed E-state index contributed by atoms with van der Waals surface area (Å²) < 4.78 is 6.02. The Morgan fingerprint density at radius 2 is 2.25 bits per heavy atom. The number of benzene rings is 1. The minimum atomic E-state index is -0.216. The molecule has 0 heterocycles. The zero-order valence-electron chi connectivity index (χ0n) is 9.62. The number of carbonyl (C=O) groups is 1. The van der Waals surface area contributed by atoms with Crippen molar-refractivity contribution in [3.05, 3.63) is 28.2 Å². The summed E-state index contributed by atoms with van der Waals surface area (Å²) in [5, 5.41) is 0. The highest BCUT2D eigenvalue weighted by atomic mass is 79.9. The molecule has 0 aromatic heterocycles. The number of rotatable bonds is 4. The highest BCUT2D eigenvalue weighted by molar-refractivity contribution is 9.10. The van der Waals surface area contributed by atoms with Gasteiger partial charge < -0.3 is 4.74 Å². The smallest absolute Gasteiger partial charge is 0.313 e. The summed E-state index contributed by atoms with van der Waals surface area (Å²) in [5.41, 5.74) is 0.975. The molecule has 0 radical (unpaired) electrons. The maximum absolute atomic E-state index is 11.6. The van der Waals surface area contributed by atoms with Crippen molar-refractivity contribution in [3.8, 4) is 0 Å². The lowest BCUT2D eigenvalue weighted by Gasteiger charge is -2.12. The lowest BCUT2D eigenvalue weighted by atomic mass is 10.0. The Bertz CT molecular complexity index is 379. The van der Waals surface area contributed by atoms with Crippen molar-refractivity contribution < 1.29 is 9.53 Å². The monoisotopic (exact) mass is 302 g/mol. The van der Waals surface area contributed by atoms with E-state index in [9.17, 15) is 4.79 Å². The summed E-state index contributed by atoms with van der Waals surface area (Å²) in [6, 6.07) is 5.96. The average molecular weight is 303 g/mol. The van der Waals surface area contributed by atoms with Crippen LogP contribution in [0.4, 0.5) is 0 Å². The van der Waals surface area contributed by atoms with Gasteiger partial charge >= 0.3 is 5.97 Å². The summed E-state index contributed by atoms with van der Waals surface area (Å²) in [7, 11) is 0. The molecule has 16 heavy (non-hydrogen) atoms. The van der Waals surface area contributed by atoms with Crippen molar-refractivity contribution in [1.29, 1.82) is 0 Å². The van der Waals surface area contributed by atoms with Gasteiger partial charge in [-0.2, -0.15) is 0 Å². The van der Waals surface area contributed by atoms with E-state index in [4.69, 9.17) is 4.74 Å². The molecule has 4 heteroatoms. The number of thioether (sulfide) groups is 1. The second-order valence-corrected chi connectivity index (χ2v) is 5.07. The predicted octanol–water partition coefficient (Wildman–Crippen LogP) is 3.84. The molecule has 0 bridgehead atoms. The van der Waals surface area contributed by atoms with Crippen LogP contribution in [-0.2, 0) is 9.53 Å². The molecule has 0 aliphatic rings. The molecule has 0 fully saturated rings. The van der Waals surface area contributed by atoms with E-state index in [0.29, 0.717) is 6.61 Å². The van der Waals surface area contributed by atoms with Gasteiger partial charge in [-0.15, -0.1) is 11.8 Å². The largest absolute Gasteiger partial charge is 0.466 e. The molecule has 1 unspecified atom stereocenters. The molecule has 1 aromatic carbocycles. The van der Waals surface area contributed by atoms with E-state index >= 15 is 0 Å². The Hall–Kier alpha value is -0.480. The number of hydrogen-bond acceptors (Lipinski definition) is 3. The Morgan fingerprint density at radius 1 is 1.56 bits per heavy atom. The van der Waals surface area contributed by atoms with Crippen LogP contribution in [0.3, 0.4) is 0 Å². The lowest BCUT2D eigenvalue weighted by Crippen LogP contribution is -2.12. The Balaban J connectivity index is 2.88. The van der Waals surface area contributed by atoms with Crippen molar-refractivity contribution in [2.75, 3.05) is 12.9 Å². The number of ether oxygens (including phenoxy) is 1. The maximum Gasteiger partial charge on any atom is 0.313 e. The summed E-state index contributed by atoms with van der Waals surface area (Å²) >= 11 is 5.16. The fourth-order valence-corrected chi connectivity index (χ4v) is 2.70. The minimum Gasteiger partial charge on any atom is -0.466 e. The Kier molecular flexibility index (Phi) is 5.35. The van der Waals surface area contributed by atoms with Crippen molar-refractivity contribution in [3.63, 3.8) is 0 Å². The molecular formula is C12H15BrO2S. The van der Waals surface area contributed by atoms with Crippen LogP contribution < -0.4 is 0 Å². The van der Waals surface area contributed by atoms with Crippen LogP contribution in [0.1, 0.15) is 25.3 Å². The fraction of sp³-hybridized carbons (Fsp3) is 0.417. The number of halogens is 1. The maximum atomic E-state index is 11.6. The van der Waals surface area contributed by atoms with E-state index in [1.165, 1.54) is 4.90 Å². The topological polar surface area (TPSA) is 26.3 Å². The van der Waals surface area contributed by atoms with E-state index < -0.39 is 0 Å². The van der Waals surface area contributed by atoms with Gasteiger partial charge in [-0.05, 0) is 53.7 Å². The third-order valence-electron chi connectivity index (χ3n) is 2.32. The summed E-state index contributed by atoms with van der Waals surface area (Å²) in [6.07, 6.45) is 2.02. The first-order valence-corrected chi connectivity index (χ1v) is 7.12. The van der Waals surface area contributed by atoms with Gasteiger partial charge in [-0.1, -0.05) is 6.07 Å². The van der Waals surface area contributed by atoms with Gasteiger partial charge in [0, 0.05) is 9.37 Å². The normalized spacial score (nSPS) is 12.2. The van der Waals surface area contributed by atoms with E-state index in [2.05, 4.69) is 15.9 Å². The first-order valence-electron chi connectivity index (χ1n) is 5.10. The first kappa shape index (κ1) is 13.6. The van der Waals surface area contributed by atoms with Gasteiger partial charge in [-0.25, -0.2) is 0 Å². The van der Waals surface area contributed by atoms with Gasteiger partial charge in [0.15, 0.2) is 0 Å². The lowest BCUT2D eigenvalue weighted by molar-refractivity contribution is -0.144. The van der Waals surface area contributed by atoms with Gasteiger partial charge in [0.25, 0.3) is 0 Å². The van der Waals surface area contributed by atoms with Crippen molar-refractivity contribution in [2.45, 2.75) is 24.7 Å². The van der Waals surface area contributed by atoms with Gasteiger partial charge in [0.1, 0.15) is 0 Å². The zero-order valence-corrected chi connectivity index (χ0v) is 12.0. The van der Waals surface area contributed by atoms with Gasteiger partial charge in [-0.3, -0.25) is 4.79 Å². The van der Waals surface area contributed by atoms with Crippen molar-refractivity contribution in [2.24, 2.45) is 0 Å². The first-order chi connectivity index (χ1) is 7.60. The standard InChI is InChI=1S/C12H15BrO2S/c1-4-15-12(14)8(2)9-5-6-11(16-3)10(13)7-9/h5-8H,4H2,1-3H3. The molecule has 0 spiro atoms. The molecule has 0 aliphatic carbocycles. The molecular weight excluding hydrogens is 288 g/mol. The van der Waals surface area contributed by atoms with Gasteiger partial charge in [0.05, 0.1) is 12.5 Å². The number of esters is 1. The predicted molar refractivity (Wildman–Crippen MR) is 71.0 cm³/mol. The highest BCUT2D eigenvalue weighted by Crippen LogP contribution is 2.29. The Labute approximate surface area is 109 Å². The zero-order chi connectivity index (χ0) is 12.1. The molecule has 0 N–H and O–H groups in total. The van der Waals surface area contributed by atoms with E-state index in [1.54, 1.807) is 11.8 Å². The molecule has 88 valence electrons. The minimum absolute atomic E-state index is 0.175. The second-order valence-electron chi connectivity index (χ2n) is 3.37. The SMILES string of the molecule is CCOC(=O)C(C)c1ccc(SC)c(Br)c1. The van der Waals surface area contributed by atoms with Crippen LogP contribution in [0.15, 0.2) is 27.6 Å². The van der Waals surface area contributed by atoms with Crippen LogP contribution in [-0.4, -0.2) is 18.8 Å². The van der Waals surface area contributed by atoms with E-state index in [-0.39, 0.29) is 11.9 Å². The molecule has 0 aliphatic heterocycles. The summed E-state index contributed by atoms with van der Waals surface area (Å²) in [5.74, 6) is -0.390. The van der Waals surface area contributed by atoms with Crippen molar-refractivity contribution >= 4 is 33.7 Å². The molecule has 0 amide bonds. The molecule has 1 aromatic rings. The molecule has 0 saturated carbocycles. The van der Waals surface area contributed by atoms with Crippen LogP contribution >= 0.6 is 27.7 Å². The molecule has 0 saturated heterocycles. The summed E-state index contributed by atoms with van der Waals surface area (Å²) in [6.45, 7) is 4.10. The second kappa shape index (κ2) is 6.30. The fourth-order valence-electron chi connectivity index (χ4n) is 1.36. The molecule has 1 rings (SSSR count). The average Bonchev–Trinajstić information content (AvgIpc) is 2.28. The van der Waals surface area contributed by atoms with Crippen LogP contribution in [0.5, 0.6) is 0 Å². The molecule has 2 nitrogen and oxygen atoms in total. The van der Waals surface area contributed by atoms with Crippen LogP contribution in [0.2, 0.25) is 0 Å². The number of hydrogen-bond donors (Lipinski definition) is 0. The molecule has 1 atom stereocenters. The third-order valence-corrected chi connectivity index (χ3v) is 4.03. The Morgan fingerprint density at radius 3 is 2.75 bits per heavy atom. The van der Waals surface area contributed by atoms with Crippen molar-refractivity contribution in [1.82, 2.24) is 0 Å². The number of carbonyl (C=O) groups excluding carboxylic acids is 1. The van der Waals surface area contributed by atoms with E-state index in [1.807, 2.05) is 38.3 Å². The van der Waals surface area contributed by atoms with Gasteiger partial charge in [0.2, 0.25) is 0 Å². The van der Waals surface area contributed by atoms with E-state index in [0.717, 1.165) is 10.0 Å². The highest BCUT2D eigenvalue weighted by Gasteiger charge is 2.16. The third kappa shape index (κ3) is 3.25.